The molecule has 0 saturated heterocycles. The zero-order valence-electron chi connectivity index (χ0n) is 8.70. The molecule has 1 N–H and O–H groups in total. The number of carbonyl (C=O) groups excluding carboxylic acids is 2. The van der Waals surface area contributed by atoms with Gasteiger partial charge in [0.2, 0.25) is 0 Å². The molecule has 0 aliphatic heterocycles. The molecule has 0 spiro atoms. The number of benzene rings is 1. The van der Waals surface area contributed by atoms with Gasteiger partial charge in [0.15, 0.2) is 5.78 Å². The van der Waals surface area contributed by atoms with Crippen molar-refractivity contribution in [3.63, 3.8) is 0 Å². The van der Waals surface area contributed by atoms with Crippen LogP contribution in [0.1, 0.15) is 23.7 Å². The predicted octanol–water partition coefficient (Wildman–Crippen LogP) is 2.18. The second-order valence-corrected chi connectivity index (χ2v) is 3.48. The highest BCUT2D eigenvalue weighted by Gasteiger charge is 2.13. The van der Waals surface area contributed by atoms with Gasteiger partial charge in [0.25, 0.3) is 0 Å². The molecule has 0 saturated carbocycles. The first kappa shape index (κ1) is 12.5. The molecule has 0 atom stereocenters. The number of phenolic OH excluding ortho intramolecular Hbond substituents is 1. The van der Waals surface area contributed by atoms with E-state index >= 15 is 0 Å². The van der Waals surface area contributed by atoms with Crippen molar-refractivity contribution < 1.29 is 19.4 Å². The van der Waals surface area contributed by atoms with E-state index in [1.807, 2.05) is 0 Å². The zero-order chi connectivity index (χ0) is 12.1. The number of aromatic hydroxyl groups is 1. The molecule has 0 aliphatic carbocycles. The van der Waals surface area contributed by atoms with Crippen molar-refractivity contribution in [2.24, 2.45) is 0 Å². The van der Waals surface area contributed by atoms with Gasteiger partial charge in [0, 0.05) is 5.56 Å². The third-order valence-electron chi connectivity index (χ3n) is 1.88. The minimum absolute atomic E-state index is 0.0784. The number of ether oxygens (including phenoxy) is 1. The minimum atomic E-state index is -0.573. The maximum Gasteiger partial charge on any atom is 0.313 e. The van der Waals surface area contributed by atoms with E-state index in [4.69, 9.17) is 16.7 Å². The third kappa shape index (κ3) is 3.24. The molecule has 86 valence electrons. The molecule has 1 aromatic carbocycles. The molecule has 16 heavy (non-hydrogen) atoms. The van der Waals surface area contributed by atoms with Crippen LogP contribution in [0.5, 0.6) is 5.75 Å². The lowest BCUT2D eigenvalue weighted by molar-refractivity contribution is -0.141. The quantitative estimate of drug-likeness (QED) is 0.499. The highest BCUT2D eigenvalue weighted by Crippen LogP contribution is 2.24. The van der Waals surface area contributed by atoms with Crippen molar-refractivity contribution in [3.05, 3.63) is 28.8 Å². The maximum atomic E-state index is 11.6. The Kier molecular flexibility index (Phi) is 4.31. The van der Waals surface area contributed by atoms with Crippen LogP contribution < -0.4 is 0 Å². The molecule has 0 aromatic heterocycles. The number of esters is 1. The summed E-state index contributed by atoms with van der Waals surface area (Å²) in [5.41, 5.74) is 0.274. The minimum Gasteiger partial charge on any atom is -0.506 e. The maximum absolute atomic E-state index is 11.6. The van der Waals surface area contributed by atoms with E-state index in [1.54, 1.807) is 6.92 Å². The van der Waals surface area contributed by atoms with E-state index in [-0.39, 0.29) is 35.1 Å². The summed E-state index contributed by atoms with van der Waals surface area (Å²) < 4.78 is 4.65. The summed E-state index contributed by atoms with van der Waals surface area (Å²) in [5.74, 6) is -1.06. The Morgan fingerprint density at radius 1 is 1.44 bits per heavy atom. The molecule has 0 aliphatic rings. The molecule has 5 heteroatoms. The summed E-state index contributed by atoms with van der Waals surface area (Å²) in [6, 6.07) is 4.03. The molecule has 0 fully saturated rings. The number of carbonyl (C=O) groups is 2. The summed E-state index contributed by atoms with van der Waals surface area (Å²) >= 11 is 5.64. The molecule has 0 heterocycles. The Morgan fingerprint density at radius 2 is 2.12 bits per heavy atom. The molecule has 0 radical (unpaired) electrons. The zero-order valence-corrected chi connectivity index (χ0v) is 9.45. The molecule has 0 amide bonds. The molecular formula is C11H11ClO4. The van der Waals surface area contributed by atoms with Gasteiger partial charge in [-0.05, 0) is 25.1 Å². The summed E-state index contributed by atoms with van der Waals surface area (Å²) in [7, 11) is 0. The first-order valence-electron chi connectivity index (χ1n) is 4.72. The van der Waals surface area contributed by atoms with Crippen LogP contribution in [0.3, 0.4) is 0 Å². The van der Waals surface area contributed by atoms with Crippen molar-refractivity contribution in [1.29, 1.82) is 0 Å². The molecule has 1 aromatic rings. The van der Waals surface area contributed by atoms with E-state index in [2.05, 4.69) is 4.74 Å². The second-order valence-electron chi connectivity index (χ2n) is 3.07. The van der Waals surface area contributed by atoms with E-state index < -0.39 is 5.97 Å². The Labute approximate surface area is 97.8 Å². The normalized spacial score (nSPS) is 9.88. The summed E-state index contributed by atoms with van der Waals surface area (Å²) in [4.78, 5) is 22.6. The van der Waals surface area contributed by atoms with Crippen LogP contribution in [0.25, 0.3) is 0 Å². The van der Waals surface area contributed by atoms with Gasteiger partial charge < -0.3 is 9.84 Å². The molecule has 1 rings (SSSR count). The fourth-order valence-electron chi connectivity index (χ4n) is 1.13. The lowest BCUT2D eigenvalue weighted by Crippen LogP contribution is -2.11. The van der Waals surface area contributed by atoms with Crippen LogP contribution in [-0.2, 0) is 9.53 Å². The topological polar surface area (TPSA) is 63.6 Å². The van der Waals surface area contributed by atoms with E-state index in [1.165, 1.54) is 18.2 Å². The van der Waals surface area contributed by atoms with Gasteiger partial charge in [-0.2, -0.15) is 0 Å². The van der Waals surface area contributed by atoms with Crippen molar-refractivity contribution in [2.75, 3.05) is 6.61 Å². The van der Waals surface area contributed by atoms with Gasteiger partial charge in [-0.3, -0.25) is 9.59 Å². The van der Waals surface area contributed by atoms with Crippen LogP contribution in [0.4, 0.5) is 0 Å². The van der Waals surface area contributed by atoms with Crippen LogP contribution in [0.15, 0.2) is 18.2 Å². The van der Waals surface area contributed by atoms with Crippen LogP contribution >= 0.6 is 11.6 Å². The smallest absolute Gasteiger partial charge is 0.313 e. The van der Waals surface area contributed by atoms with Crippen molar-refractivity contribution in [2.45, 2.75) is 13.3 Å². The largest absolute Gasteiger partial charge is 0.506 e. The number of rotatable bonds is 4. The molecule has 4 nitrogen and oxygen atoms in total. The van der Waals surface area contributed by atoms with Gasteiger partial charge in [0.1, 0.15) is 12.2 Å². The Balaban J connectivity index is 2.73. The summed E-state index contributed by atoms with van der Waals surface area (Å²) in [6.07, 6.45) is -0.324. The highest BCUT2D eigenvalue weighted by atomic mass is 35.5. The molecule has 0 bridgehead atoms. The molecule has 0 unspecified atom stereocenters. The van der Waals surface area contributed by atoms with Gasteiger partial charge in [-0.15, -0.1) is 0 Å². The second kappa shape index (κ2) is 5.51. The lowest BCUT2D eigenvalue weighted by atomic mass is 10.1. The number of hydrogen-bond acceptors (Lipinski definition) is 4. The van der Waals surface area contributed by atoms with Crippen LogP contribution in [0.2, 0.25) is 5.02 Å². The lowest BCUT2D eigenvalue weighted by Gasteiger charge is -2.03. The van der Waals surface area contributed by atoms with Crippen LogP contribution in [0, 0.1) is 0 Å². The van der Waals surface area contributed by atoms with Crippen LogP contribution in [-0.4, -0.2) is 23.5 Å². The average molecular weight is 243 g/mol. The Bertz CT molecular complexity index is 414. The van der Waals surface area contributed by atoms with Crippen molar-refractivity contribution >= 4 is 23.4 Å². The summed E-state index contributed by atoms with van der Waals surface area (Å²) in [5, 5.41) is 9.24. The third-order valence-corrected chi connectivity index (χ3v) is 2.18. The first-order chi connectivity index (χ1) is 7.54. The van der Waals surface area contributed by atoms with E-state index in [0.29, 0.717) is 0 Å². The van der Waals surface area contributed by atoms with Gasteiger partial charge >= 0.3 is 5.97 Å². The number of phenols is 1. The van der Waals surface area contributed by atoms with Gasteiger partial charge in [0.05, 0.1) is 11.6 Å². The van der Waals surface area contributed by atoms with Gasteiger partial charge in [-0.25, -0.2) is 0 Å². The predicted molar refractivity (Wildman–Crippen MR) is 58.7 cm³/mol. The number of hydrogen-bond donors (Lipinski definition) is 1. The fourth-order valence-corrected chi connectivity index (χ4v) is 1.31. The number of Topliss-reactive ketones (excluding diaryl/α,β-unsaturated/α-hetero) is 1. The standard InChI is InChI=1S/C11H11ClO4/c1-2-16-11(15)6-10(14)7-3-4-9(13)8(12)5-7/h3-5,13H,2,6H2,1H3. The Hall–Kier alpha value is -1.55. The SMILES string of the molecule is CCOC(=O)CC(=O)c1ccc(O)c(Cl)c1. The van der Waals surface area contributed by atoms with Crippen molar-refractivity contribution in [3.8, 4) is 5.75 Å². The van der Waals surface area contributed by atoms with E-state index in [9.17, 15) is 9.59 Å². The first-order valence-corrected chi connectivity index (χ1v) is 5.09. The number of ketones is 1. The molecular weight excluding hydrogens is 232 g/mol. The van der Waals surface area contributed by atoms with E-state index in [0.717, 1.165) is 0 Å². The fraction of sp³-hybridized carbons (Fsp3) is 0.273. The summed E-state index contributed by atoms with van der Waals surface area (Å²) in [6.45, 7) is 1.91. The van der Waals surface area contributed by atoms with Gasteiger partial charge in [-0.1, -0.05) is 11.6 Å². The number of halogens is 1. The van der Waals surface area contributed by atoms with Crippen molar-refractivity contribution in [1.82, 2.24) is 0 Å². The monoisotopic (exact) mass is 242 g/mol. The average Bonchev–Trinajstić information content (AvgIpc) is 2.22. The Morgan fingerprint density at radius 3 is 2.69 bits per heavy atom. The highest BCUT2D eigenvalue weighted by molar-refractivity contribution is 6.32.